The number of carbonyl (C=O) groups excluding carboxylic acids is 2. The monoisotopic (exact) mass is 622 g/mol. The molecule has 0 aliphatic rings. The molecule has 0 heterocycles. The van der Waals surface area contributed by atoms with E-state index >= 15 is 0 Å². The summed E-state index contributed by atoms with van der Waals surface area (Å²) in [4.78, 5) is 24.3. The minimum Gasteiger partial charge on any atom is -0.462 e. The number of allylic oxidation sites excluding steroid dienone is 2. The summed E-state index contributed by atoms with van der Waals surface area (Å²) in [6.45, 7) is 4.77. The quantitative estimate of drug-likeness (QED) is 0.0432. The summed E-state index contributed by atoms with van der Waals surface area (Å²) in [6.07, 6.45) is 40.5. The molecule has 0 saturated carbocycles. The molecule has 0 bridgehead atoms. The van der Waals surface area contributed by atoms with Crippen molar-refractivity contribution in [1.29, 1.82) is 0 Å². The first-order chi connectivity index (χ1) is 21.6. The van der Waals surface area contributed by atoms with Crippen LogP contribution in [0.2, 0.25) is 0 Å². The van der Waals surface area contributed by atoms with Gasteiger partial charge in [0.25, 0.3) is 0 Å². The smallest absolute Gasteiger partial charge is 0.306 e. The SMILES string of the molecule is CCCCCCCCC=CCCCCCCCC(=O)OCC(CN)OC(=O)CCCCCCCCCCCCCCCCC. The molecule has 0 aromatic carbocycles. The lowest BCUT2D eigenvalue weighted by molar-refractivity contribution is -0.158. The van der Waals surface area contributed by atoms with E-state index in [0.717, 1.165) is 38.5 Å². The molecule has 44 heavy (non-hydrogen) atoms. The van der Waals surface area contributed by atoms with E-state index in [4.69, 9.17) is 15.2 Å². The zero-order chi connectivity index (χ0) is 32.2. The topological polar surface area (TPSA) is 78.6 Å². The molecule has 2 N–H and O–H groups in total. The van der Waals surface area contributed by atoms with E-state index in [2.05, 4.69) is 26.0 Å². The van der Waals surface area contributed by atoms with E-state index < -0.39 is 6.10 Å². The molecule has 260 valence electrons. The van der Waals surface area contributed by atoms with E-state index in [1.54, 1.807) is 0 Å². The van der Waals surface area contributed by atoms with Crippen LogP contribution < -0.4 is 5.73 Å². The Kier molecular flexibility index (Phi) is 35.0. The molecule has 0 amide bonds. The van der Waals surface area contributed by atoms with Gasteiger partial charge in [-0.05, 0) is 38.5 Å². The number of unbranched alkanes of at least 4 members (excludes halogenated alkanes) is 25. The third-order valence-corrected chi connectivity index (χ3v) is 8.62. The van der Waals surface area contributed by atoms with Crippen molar-refractivity contribution in [3.8, 4) is 0 Å². The molecule has 0 saturated heterocycles. The molecule has 1 atom stereocenters. The third-order valence-electron chi connectivity index (χ3n) is 8.62. The van der Waals surface area contributed by atoms with Gasteiger partial charge >= 0.3 is 11.9 Å². The molecule has 0 aliphatic heterocycles. The van der Waals surface area contributed by atoms with E-state index in [1.165, 1.54) is 141 Å². The molecule has 0 aromatic rings. The first-order valence-electron chi connectivity index (χ1n) is 19.3. The number of nitrogens with two attached hydrogens (primary N) is 1. The number of rotatable bonds is 35. The lowest BCUT2D eigenvalue weighted by atomic mass is 10.0. The highest BCUT2D eigenvalue weighted by Crippen LogP contribution is 2.14. The molecule has 0 rings (SSSR count). The maximum atomic E-state index is 12.2. The van der Waals surface area contributed by atoms with E-state index in [-0.39, 0.29) is 25.1 Å². The molecular formula is C39H75NO4. The number of hydrogen-bond donors (Lipinski definition) is 1. The summed E-state index contributed by atoms with van der Waals surface area (Å²) >= 11 is 0. The van der Waals surface area contributed by atoms with Crippen molar-refractivity contribution in [2.75, 3.05) is 13.2 Å². The Morgan fingerprint density at radius 2 is 0.841 bits per heavy atom. The van der Waals surface area contributed by atoms with Gasteiger partial charge < -0.3 is 15.2 Å². The van der Waals surface area contributed by atoms with Gasteiger partial charge in [0, 0.05) is 19.4 Å². The molecule has 5 heteroatoms. The van der Waals surface area contributed by atoms with E-state index in [1.807, 2.05) is 0 Å². The van der Waals surface area contributed by atoms with Crippen LogP contribution in [0.15, 0.2) is 12.2 Å². The fraction of sp³-hybridized carbons (Fsp3) is 0.897. The second-order valence-electron chi connectivity index (χ2n) is 13.1. The van der Waals surface area contributed by atoms with Crippen LogP contribution in [0.1, 0.15) is 206 Å². The maximum Gasteiger partial charge on any atom is 0.306 e. The fourth-order valence-corrected chi connectivity index (χ4v) is 5.63. The van der Waals surface area contributed by atoms with Gasteiger partial charge in [-0.1, -0.05) is 167 Å². The van der Waals surface area contributed by atoms with Crippen LogP contribution in [0, 0.1) is 0 Å². The van der Waals surface area contributed by atoms with Gasteiger partial charge in [0.2, 0.25) is 0 Å². The highest BCUT2D eigenvalue weighted by Gasteiger charge is 2.15. The normalized spacial score (nSPS) is 12.2. The summed E-state index contributed by atoms with van der Waals surface area (Å²) in [7, 11) is 0. The minimum absolute atomic E-state index is 0.0605. The number of esters is 2. The van der Waals surface area contributed by atoms with Gasteiger partial charge in [-0.2, -0.15) is 0 Å². The summed E-state index contributed by atoms with van der Waals surface area (Å²) in [5.41, 5.74) is 5.76. The molecule has 0 fully saturated rings. The second-order valence-corrected chi connectivity index (χ2v) is 13.1. The maximum absolute atomic E-state index is 12.2. The van der Waals surface area contributed by atoms with Crippen LogP contribution >= 0.6 is 0 Å². The molecule has 0 radical (unpaired) electrons. The van der Waals surface area contributed by atoms with Crippen molar-refractivity contribution < 1.29 is 19.1 Å². The van der Waals surface area contributed by atoms with Crippen molar-refractivity contribution in [2.45, 2.75) is 213 Å². The van der Waals surface area contributed by atoms with Crippen LogP contribution in [0.25, 0.3) is 0 Å². The molecule has 5 nitrogen and oxygen atoms in total. The Morgan fingerprint density at radius 3 is 1.23 bits per heavy atom. The average molecular weight is 622 g/mol. The summed E-state index contributed by atoms with van der Waals surface area (Å²) in [5, 5.41) is 0. The Morgan fingerprint density at radius 1 is 0.500 bits per heavy atom. The highest BCUT2D eigenvalue weighted by atomic mass is 16.6. The lowest BCUT2D eigenvalue weighted by Crippen LogP contribution is -2.32. The van der Waals surface area contributed by atoms with Crippen molar-refractivity contribution in [3.63, 3.8) is 0 Å². The Hall–Kier alpha value is -1.36. The van der Waals surface area contributed by atoms with E-state index in [0.29, 0.717) is 12.8 Å². The number of hydrogen-bond acceptors (Lipinski definition) is 5. The van der Waals surface area contributed by atoms with Gasteiger partial charge in [-0.25, -0.2) is 0 Å². The molecular weight excluding hydrogens is 546 g/mol. The molecule has 1 unspecified atom stereocenters. The molecule has 0 aromatic heterocycles. The fourth-order valence-electron chi connectivity index (χ4n) is 5.63. The van der Waals surface area contributed by atoms with Crippen molar-refractivity contribution in [3.05, 3.63) is 12.2 Å². The third kappa shape index (κ3) is 33.5. The van der Waals surface area contributed by atoms with Crippen LogP contribution in [0.4, 0.5) is 0 Å². The van der Waals surface area contributed by atoms with E-state index in [9.17, 15) is 9.59 Å². The zero-order valence-corrected chi connectivity index (χ0v) is 29.6. The van der Waals surface area contributed by atoms with Gasteiger partial charge in [0.15, 0.2) is 0 Å². The Balaban J connectivity index is 3.53. The van der Waals surface area contributed by atoms with Crippen molar-refractivity contribution in [2.24, 2.45) is 5.73 Å². The molecule has 0 spiro atoms. The number of ether oxygens (including phenoxy) is 2. The summed E-state index contributed by atoms with van der Waals surface area (Å²) < 4.78 is 10.8. The van der Waals surface area contributed by atoms with Gasteiger partial charge in [0.1, 0.15) is 12.7 Å². The first-order valence-corrected chi connectivity index (χ1v) is 19.3. The van der Waals surface area contributed by atoms with Crippen molar-refractivity contribution in [1.82, 2.24) is 0 Å². The van der Waals surface area contributed by atoms with Crippen LogP contribution in [0.5, 0.6) is 0 Å². The predicted octanol–water partition coefficient (Wildman–Crippen LogP) is 11.7. The van der Waals surface area contributed by atoms with Crippen LogP contribution in [0.3, 0.4) is 0 Å². The standard InChI is InChI=1S/C39H75NO4/c1-3-5-7-9-11-13-15-17-19-21-23-25-27-29-31-33-38(41)43-36-37(35-40)44-39(42)34-32-30-28-26-24-22-20-18-16-14-12-10-8-6-4-2/h17,19,37H,3-16,18,20-36,40H2,1-2H3. The summed E-state index contributed by atoms with van der Waals surface area (Å²) in [5.74, 6) is -0.456. The zero-order valence-electron chi connectivity index (χ0n) is 29.6. The lowest BCUT2D eigenvalue weighted by Gasteiger charge is -2.16. The number of carbonyl (C=O) groups is 2. The highest BCUT2D eigenvalue weighted by molar-refractivity contribution is 5.70. The van der Waals surface area contributed by atoms with Gasteiger partial charge in [0.05, 0.1) is 0 Å². The van der Waals surface area contributed by atoms with Crippen LogP contribution in [-0.4, -0.2) is 31.2 Å². The average Bonchev–Trinajstić information content (AvgIpc) is 3.02. The van der Waals surface area contributed by atoms with Crippen molar-refractivity contribution >= 4 is 11.9 Å². The first kappa shape index (κ1) is 42.6. The Bertz CT molecular complexity index is 636. The molecule has 0 aliphatic carbocycles. The minimum atomic E-state index is -0.545. The van der Waals surface area contributed by atoms with Crippen LogP contribution in [-0.2, 0) is 19.1 Å². The largest absolute Gasteiger partial charge is 0.462 e. The van der Waals surface area contributed by atoms with Gasteiger partial charge in [-0.3, -0.25) is 9.59 Å². The second kappa shape index (κ2) is 36.1. The predicted molar refractivity (Wildman–Crippen MR) is 189 cm³/mol. The summed E-state index contributed by atoms with van der Waals surface area (Å²) in [6, 6.07) is 0. The van der Waals surface area contributed by atoms with Gasteiger partial charge in [-0.15, -0.1) is 0 Å². The Labute approximate surface area is 274 Å².